The number of nitrogens with zero attached hydrogens (tertiary/aromatic N) is 2. The van der Waals surface area contributed by atoms with Crippen molar-refractivity contribution in [3.63, 3.8) is 0 Å². The minimum absolute atomic E-state index is 0.121. The van der Waals surface area contributed by atoms with E-state index >= 15 is 0 Å². The fourth-order valence-electron chi connectivity index (χ4n) is 3.79. The summed E-state index contributed by atoms with van der Waals surface area (Å²) in [4.78, 5) is 20.9. The highest BCUT2D eigenvalue weighted by molar-refractivity contribution is 7.13. The topological polar surface area (TPSA) is 56.1 Å². The van der Waals surface area contributed by atoms with Crippen molar-refractivity contribution in [3.8, 4) is 22.1 Å². The first kappa shape index (κ1) is 20.4. The first-order valence-electron chi connectivity index (χ1n) is 10.0. The highest BCUT2D eigenvalue weighted by Gasteiger charge is 2.25. The molecule has 0 radical (unpaired) electrons. The molecule has 0 unspecified atom stereocenters. The summed E-state index contributed by atoms with van der Waals surface area (Å²) in [5, 5.41) is 3.04. The zero-order valence-corrected chi connectivity index (χ0v) is 18.1. The summed E-state index contributed by atoms with van der Waals surface area (Å²) in [6.07, 6.45) is 0. The van der Waals surface area contributed by atoms with Crippen LogP contribution in [0.3, 0.4) is 0 Å². The van der Waals surface area contributed by atoms with Crippen molar-refractivity contribution in [2.45, 2.75) is 6.54 Å². The first-order valence-corrected chi connectivity index (χ1v) is 10.9. The Morgan fingerprint density at radius 3 is 2.53 bits per heavy atom. The normalized spacial score (nSPS) is 14.5. The monoisotopic (exact) mass is 424 g/mol. The number of aromatic nitrogens is 1. The van der Waals surface area contributed by atoms with Gasteiger partial charge >= 0.3 is 0 Å². The summed E-state index contributed by atoms with van der Waals surface area (Å²) >= 11 is 1.62. The summed E-state index contributed by atoms with van der Waals surface area (Å²) < 4.78 is 11.0. The van der Waals surface area contributed by atoms with Gasteiger partial charge in [0.2, 0.25) is 0 Å². The summed E-state index contributed by atoms with van der Waals surface area (Å²) in [5.41, 5.74) is 2.77. The number of carbonyl (C=O) groups is 1. The third kappa shape index (κ3) is 4.32. The van der Waals surface area contributed by atoms with Crippen molar-refractivity contribution in [3.05, 3.63) is 65.2 Å². The molecule has 7 heteroatoms. The smallest absolute Gasteiger partial charge is 0.254 e. The van der Waals surface area contributed by atoms with Crippen LogP contribution in [0.2, 0.25) is 0 Å². The predicted molar refractivity (Wildman–Crippen MR) is 117 cm³/mol. The second-order valence-corrected chi connectivity index (χ2v) is 8.13. The molecule has 0 bridgehead atoms. The highest BCUT2D eigenvalue weighted by atomic mass is 32.1. The number of methoxy groups -OCH3 is 2. The Kier molecular flexibility index (Phi) is 6.30. The van der Waals surface area contributed by atoms with Crippen LogP contribution in [-0.4, -0.2) is 56.2 Å². The van der Waals surface area contributed by atoms with E-state index < -0.39 is 0 Å². The van der Waals surface area contributed by atoms with E-state index in [-0.39, 0.29) is 5.91 Å². The van der Waals surface area contributed by atoms with E-state index in [4.69, 9.17) is 14.5 Å². The average molecular weight is 425 g/mol. The number of para-hydroxylation sites is 1. The van der Waals surface area contributed by atoms with Crippen LogP contribution in [0, 0.1) is 0 Å². The van der Waals surface area contributed by atoms with Crippen LogP contribution in [0.25, 0.3) is 10.6 Å². The van der Waals surface area contributed by atoms with Crippen LogP contribution in [0.15, 0.2) is 53.9 Å². The summed E-state index contributed by atoms with van der Waals surface area (Å²) in [5.74, 6) is 1.54. The maximum absolute atomic E-state index is 12.6. The predicted octanol–water partition coefficient (Wildman–Crippen LogP) is 2.37. The molecule has 1 aromatic heterocycles. The Morgan fingerprint density at radius 2 is 1.83 bits per heavy atom. The van der Waals surface area contributed by atoms with E-state index in [0.29, 0.717) is 11.5 Å². The van der Waals surface area contributed by atoms with Crippen LogP contribution >= 0.6 is 11.3 Å². The summed E-state index contributed by atoms with van der Waals surface area (Å²) in [7, 11) is 3.29. The van der Waals surface area contributed by atoms with Crippen LogP contribution in [0.1, 0.15) is 16.1 Å². The molecule has 1 N–H and O–H groups in total. The summed E-state index contributed by atoms with van der Waals surface area (Å²) in [6, 6.07) is 15.4. The van der Waals surface area contributed by atoms with Crippen LogP contribution in [-0.2, 0) is 6.54 Å². The number of carbonyl (C=O) groups excluding carboxylic acids is 1. The molecule has 156 valence electrons. The maximum atomic E-state index is 12.6. The fraction of sp³-hybridized carbons (Fsp3) is 0.304. The molecule has 1 saturated heterocycles. The van der Waals surface area contributed by atoms with Gasteiger partial charge in [0.1, 0.15) is 17.2 Å². The van der Waals surface area contributed by atoms with Crippen molar-refractivity contribution < 1.29 is 19.2 Å². The molecule has 1 fully saturated rings. The number of rotatable bonds is 6. The molecule has 0 spiro atoms. The van der Waals surface area contributed by atoms with Gasteiger partial charge in [-0.3, -0.25) is 4.79 Å². The quantitative estimate of drug-likeness (QED) is 0.660. The number of hydrogen-bond donors (Lipinski definition) is 1. The van der Waals surface area contributed by atoms with E-state index in [9.17, 15) is 4.79 Å². The Bertz CT molecular complexity index is 998. The second kappa shape index (κ2) is 9.28. The third-order valence-corrected chi connectivity index (χ3v) is 6.32. The molecule has 2 aromatic carbocycles. The Balaban J connectivity index is 1.38. The van der Waals surface area contributed by atoms with E-state index in [0.717, 1.165) is 54.6 Å². The molecule has 1 aliphatic heterocycles. The number of quaternary nitrogens is 1. The van der Waals surface area contributed by atoms with Crippen molar-refractivity contribution in [1.82, 2.24) is 9.88 Å². The lowest BCUT2D eigenvalue weighted by Crippen LogP contribution is -3.13. The van der Waals surface area contributed by atoms with Gasteiger partial charge in [-0.25, -0.2) is 4.98 Å². The van der Waals surface area contributed by atoms with E-state index in [2.05, 4.69) is 5.38 Å². The highest BCUT2D eigenvalue weighted by Crippen LogP contribution is 2.38. The molecular weight excluding hydrogens is 398 g/mol. The zero-order chi connectivity index (χ0) is 20.9. The molecule has 30 heavy (non-hydrogen) atoms. The van der Waals surface area contributed by atoms with Crippen LogP contribution in [0.5, 0.6) is 11.5 Å². The molecule has 1 aliphatic rings. The van der Waals surface area contributed by atoms with Gasteiger partial charge < -0.3 is 19.3 Å². The minimum atomic E-state index is 0.121. The molecule has 4 rings (SSSR count). The number of ether oxygens (including phenoxy) is 2. The SMILES string of the molecule is COc1cccc(-c2nc(C[NH+]3CCN(C(=O)c4ccccc4)CC3)cs2)c1OC. The molecule has 6 nitrogen and oxygen atoms in total. The Labute approximate surface area is 180 Å². The van der Waals surface area contributed by atoms with Gasteiger partial charge in [-0.15, -0.1) is 11.3 Å². The van der Waals surface area contributed by atoms with E-state index in [1.165, 1.54) is 4.90 Å². The molecule has 0 atom stereocenters. The van der Waals surface area contributed by atoms with E-state index in [1.54, 1.807) is 25.6 Å². The number of hydrogen-bond acceptors (Lipinski definition) is 5. The van der Waals surface area contributed by atoms with Gasteiger partial charge in [0, 0.05) is 10.9 Å². The summed E-state index contributed by atoms with van der Waals surface area (Å²) in [6.45, 7) is 4.24. The van der Waals surface area contributed by atoms with Gasteiger partial charge in [-0.1, -0.05) is 24.3 Å². The van der Waals surface area contributed by atoms with Gasteiger partial charge in [0.05, 0.1) is 46.0 Å². The minimum Gasteiger partial charge on any atom is -0.493 e. The molecule has 2 heterocycles. The molecule has 1 amide bonds. The molecule has 3 aromatic rings. The molecule has 0 aliphatic carbocycles. The fourth-order valence-corrected chi connectivity index (χ4v) is 4.63. The third-order valence-electron chi connectivity index (χ3n) is 5.39. The van der Waals surface area contributed by atoms with Crippen molar-refractivity contribution >= 4 is 17.2 Å². The lowest BCUT2D eigenvalue weighted by Gasteiger charge is -2.32. The van der Waals surface area contributed by atoms with Crippen LogP contribution in [0.4, 0.5) is 0 Å². The maximum Gasteiger partial charge on any atom is 0.254 e. The first-order chi connectivity index (χ1) is 14.7. The zero-order valence-electron chi connectivity index (χ0n) is 17.3. The van der Waals surface area contributed by atoms with E-state index in [1.807, 2.05) is 53.4 Å². The van der Waals surface area contributed by atoms with Crippen molar-refractivity contribution in [1.29, 1.82) is 0 Å². The van der Waals surface area contributed by atoms with Gasteiger partial charge in [-0.05, 0) is 24.3 Å². The Hall–Kier alpha value is -2.90. The number of piperazine rings is 1. The Morgan fingerprint density at radius 1 is 1.07 bits per heavy atom. The van der Waals surface area contributed by atoms with Gasteiger partial charge in [0.15, 0.2) is 11.5 Å². The standard InChI is InChI=1S/C23H25N3O3S/c1-28-20-10-6-9-19(21(20)29-2)22-24-18(16-30-22)15-25-11-13-26(14-12-25)23(27)17-7-4-3-5-8-17/h3-10,16H,11-15H2,1-2H3/p+1. The average Bonchev–Trinajstić information content (AvgIpc) is 3.27. The number of nitrogens with one attached hydrogen (secondary N) is 1. The molecule has 0 saturated carbocycles. The second-order valence-electron chi connectivity index (χ2n) is 7.27. The number of thiazole rings is 1. The lowest BCUT2D eigenvalue weighted by atomic mass is 10.2. The van der Waals surface area contributed by atoms with Crippen LogP contribution < -0.4 is 14.4 Å². The van der Waals surface area contributed by atoms with Gasteiger partial charge in [-0.2, -0.15) is 0 Å². The lowest BCUT2D eigenvalue weighted by molar-refractivity contribution is -0.917. The number of amides is 1. The number of benzene rings is 2. The van der Waals surface area contributed by atoms with Crippen molar-refractivity contribution in [2.24, 2.45) is 0 Å². The van der Waals surface area contributed by atoms with Gasteiger partial charge in [0.25, 0.3) is 5.91 Å². The molecular formula is C23H26N3O3S+. The largest absolute Gasteiger partial charge is 0.493 e. The van der Waals surface area contributed by atoms with Crippen molar-refractivity contribution in [2.75, 3.05) is 40.4 Å².